The van der Waals surface area contributed by atoms with Crippen molar-refractivity contribution in [3.63, 3.8) is 0 Å². The van der Waals surface area contributed by atoms with Gasteiger partial charge in [-0.2, -0.15) is 0 Å². The molecule has 1 N–H and O–H groups in total. The highest BCUT2D eigenvalue weighted by atomic mass is 16.7. The quantitative estimate of drug-likeness (QED) is 0.259. The Bertz CT molecular complexity index is 1310. The third kappa shape index (κ3) is 6.55. The minimum absolute atomic E-state index is 0.222. The average molecular weight is 530 g/mol. The molecule has 0 bridgehead atoms. The number of benzene rings is 3. The number of rotatable bonds is 10. The van der Waals surface area contributed by atoms with Crippen molar-refractivity contribution in [2.24, 2.45) is 0 Å². The molecule has 2 aliphatic heterocycles. The van der Waals surface area contributed by atoms with E-state index in [-0.39, 0.29) is 24.6 Å². The third-order valence-electron chi connectivity index (χ3n) is 7.10. The maximum absolute atomic E-state index is 11.7. The number of phenols is 1. The number of phenolic OH excluding ortho intramolecular Hbond substituents is 1. The van der Waals surface area contributed by atoms with Crippen molar-refractivity contribution in [1.29, 1.82) is 0 Å². The fourth-order valence-corrected chi connectivity index (χ4v) is 5.27. The molecule has 1 unspecified atom stereocenters. The fourth-order valence-electron chi connectivity index (χ4n) is 5.27. The molecule has 3 aromatic carbocycles. The van der Waals surface area contributed by atoms with Gasteiger partial charge in [0, 0.05) is 13.5 Å². The van der Waals surface area contributed by atoms with Crippen LogP contribution in [0.3, 0.4) is 0 Å². The highest BCUT2D eigenvalue weighted by Gasteiger charge is 2.21. The number of hydrogen-bond donors (Lipinski definition) is 1. The molecule has 0 amide bonds. The summed E-state index contributed by atoms with van der Waals surface area (Å²) < 4.78 is 22.8. The van der Waals surface area contributed by atoms with Crippen LogP contribution in [-0.4, -0.2) is 55.1 Å². The van der Waals surface area contributed by atoms with E-state index >= 15 is 0 Å². The molecule has 204 valence electrons. The molecule has 0 radical (unpaired) electrons. The van der Waals surface area contributed by atoms with Crippen LogP contribution in [0.1, 0.15) is 49.8 Å². The first-order valence-electron chi connectivity index (χ1n) is 13.6. The number of nitrogens with zero attached hydrogens (tertiary/aromatic N) is 1. The Morgan fingerprint density at radius 2 is 1.56 bits per heavy atom. The van der Waals surface area contributed by atoms with Crippen LogP contribution >= 0.6 is 0 Å². The largest absolute Gasteiger partial charge is 0.508 e. The van der Waals surface area contributed by atoms with Crippen LogP contribution in [0, 0.1) is 0 Å². The van der Waals surface area contributed by atoms with Gasteiger partial charge < -0.3 is 24.1 Å². The van der Waals surface area contributed by atoms with E-state index in [1.165, 1.54) is 19.8 Å². The van der Waals surface area contributed by atoms with Crippen LogP contribution in [-0.2, 0) is 9.53 Å². The maximum atomic E-state index is 11.7. The zero-order chi connectivity index (χ0) is 27.2. The summed E-state index contributed by atoms with van der Waals surface area (Å²) in [6.07, 6.45) is 2.83. The van der Waals surface area contributed by atoms with Crippen LogP contribution in [0.15, 0.2) is 66.7 Å². The van der Waals surface area contributed by atoms with Gasteiger partial charge in [-0.1, -0.05) is 37.3 Å². The van der Waals surface area contributed by atoms with E-state index in [1.54, 1.807) is 12.1 Å². The normalized spacial score (nSPS) is 16.1. The second-order valence-electron chi connectivity index (χ2n) is 9.90. The van der Waals surface area contributed by atoms with Crippen LogP contribution < -0.4 is 14.2 Å². The summed E-state index contributed by atoms with van der Waals surface area (Å²) in [6.45, 7) is 6.84. The maximum Gasteiger partial charge on any atom is 0.303 e. The minimum atomic E-state index is -0.314. The SMILES string of the molecule is CC/C(=C(\c1ccc(O)cc1)c1ccc(OCC(CN2CCCC2)OC(C)=O)cc1)c1ccc2c(c1)OCO2. The summed E-state index contributed by atoms with van der Waals surface area (Å²) in [5, 5.41) is 9.91. The molecule has 0 aromatic heterocycles. The van der Waals surface area contributed by atoms with Crippen LogP contribution in [0.25, 0.3) is 11.1 Å². The minimum Gasteiger partial charge on any atom is -0.508 e. The van der Waals surface area contributed by atoms with E-state index in [0.717, 1.165) is 58.8 Å². The second-order valence-corrected chi connectivity index (χ2v) is 9.90. The molecule has 0 spiro atoms. The number of aromatic hydroxyl groups is 1. The van der Waals surface area contributed by atoms with Crippen molar-refractivity contribution >= 4 is 17.1 Å². The van der Waals surface area contributed by atoms with E-state index in [9.17, 15) is 9.90 Å². The van der Waals surface area contributed by atoms with Gasteiger partial charge in [0.1, 0.15) is 24.2 Å². The van der Waals surface area contributed by atoms with E-state index in [4.69, 9.17) is 18.9 Å². The van der Waals surface area contributed by atoms with Crippen molar-refractivity contribution < 1.29 is 28.8 Å². The predicted octanol–water partition coefficient (Wildman–Crippen LogP) is 5.90. The molecule has 1 fully saturated rings. The molecule has 2 heterocycles. The van der Waals surface area contributed by atoms with E-state index in [2.05, 4.69) is 17.9 Å². The Labute approximate surface area is 229 Å². The van der Waals surface area contributed by atoms with Gasteiger partial charge in [-0.15, -0.1) is 0 Å². The summed E-state index contributed by atoms with van der Waals surface area (Å²) in [4.78, 5) is 14.0. The Hall–Kier alpha value is -3.97. The van der Waals surface area contributed by atoms with Crippen molar-refractivity contribution in [1.82, 2.24) is 4.90 Å². The number of allylic oxidation sites excluding steroid dienone is 1. The zero-order valence-electron chi connectivity index (χ0n) is 22.5. The first-order chi connectivity index (χ1) is 19.0. The Morgan fingerprint density at radius 3 is 2.23 bits per heavy atom. The van der Waals surface area contributed by atoms with Crippen molar-refractivity contribution in [2.45, 2.75) is 39.2 Å². The van der Waals surface area contributed by atoms with Gasteiger partial charge in [0.05, 0.1) is 0 Å². The van der Waals surface area contributed by atoms with Gasteiger partial charge in [0.2, 0.25) is 6.79 Å². The van der Waals surface area contributed by atoms with Gasteiger partial charge in [-0.25, -0.2) is 0 Å². The molecule has 1 saturated heterocycles. The number of carbonyl (C=O) groups excluding carboxylic acids is 1. The topological polar surface area (TPSA) is 77.5 Å². The molecule has 1 atom stereocenters. The van der Waals surface area contributed by atoms with Crippen LogP contribution in [0.2, 0.25) is 0 Å². The van der Waals surface area contributed by atoms with Gasteiger partial charge in [-0.3, -0.25) is 9.69 Å². The number of ether oxygens (including phenoxy) is 4. The first-order valence-corrected chi connectivity index (χ1v) is 13.6. The third-order valence-corrected chi connectivity index (χ3v) is 7.10. The summed E-state index contributed by atoms with van der Waals surface area (Å²) in [5.41, 5.74) is 5.28. The van der Waals surface area contributed by atoms with Crippen LogP contribution in [0.5, 0.6) is 23.0 Å². The van der Waals surface area contributed by atoms with Gasteiger partial charge >= 0.3 is 5.97 Å². The zero-order valence-corrected chi connectivity index (χ0v) is 22.5. The number of likely N-dealkylation sites (tertiary alicyclic amines) is 1. The lowest BCUT2D eigenvalue weighted by atomic mass is 9.88. The number of esters is 1. The Morgan fingerprint density at radius 1 is 0.923 bits per heavy atom. The molecule has 3 aromatic rings. The van der Waals surface area contributed by atoms with E-state index in [1.807, 2.05) is 48.5 Å². The van der Waals surface area contributed by atoms with Crippen LogP contribution in [0.4, 0.5) is 0 Å². The van der Waals surface area contributed by atoms with E-state index in [0.29, 0.717) is 18.9 Å². The molecule has 2 aliphatic rings. The lowest BCUT2D eigenvalue weighted by Crippen LogP contribution is -2.36. The number of fused-ring (bicyclic) bond motifs is 1. The summed E-state index contributed by atoms with van der Waals surface area (Å²) in [6, 6.07) is 21.3. The lowest BCUT2D eigenvalue weighted by molar-refractivity contribution is -0.148. The van der Waals surface area contributed by atoms with Gasteiger partial charge in [0.15, 0.2) is 11.5 Å². The fraction of sp³-hybridized carbons (Fsp3) is 0.344. The van der Waals surface area contributed by atoms with Crippen molar-refractivity contribution in [3.05, 3.63) is 83.4 Å². The highest BCUT2D eigenvalue weighted by Crippen LogP contribution is 2.40. The molecule has 0 saturated carbocycles. The first kappa shape index (κ1) is 26.6. The molecule has 5 rings (SSSR count). The monoisotopic (exact) mass is 529 g/mol. The second kappa shape index (κ2) is 12.3. The molecule has 0 aliphatic carbocycles. The highest BCUT2D eigenvalue weighted by molar-refractivity contribution is 5.99. The summed E-state index contributed by atoms with van der Waals surface area (Å²) in [7, 11) is 0. The smallest absolute Gasteiger partial charge is 0.303 e. The van der Waals surface area contributed by atoms with Crippen molar-refractivity contribution in [2.75, 3.05) is 33.0 Å². The molecule has 39 heavy (non-hydrogen) atoms. The summed E-state index contributed by atoms with van der Waals surface area (Å²) >= 11 is 0. The molecule has 7 heteroatoms. The molecular formula is C32H35NO6. The average Bonchev–Trinajstić information content (AvgIpc) is 3.63. The Kier molecular flexibility index (Phi) is 8.37. The molecular weight excluding hydrogens is 494 g/mol. The van der Waals surface area contributed by atoms with Gasteiger partial charge in [-0.05, 0) is 96.6 Å². The van der Waals surface area contributed by atoms with E-state index < -0.39 is 0 Å². The number of carbonyl (C=O) groups is 1. The lowest BCUT2D eigenvalue weighted by Gasteiger charge is -2.23. The number of hydrogen-bond acceptors (Lipinski definition) is 7. The van der Waals surface area contributed by atoms with Crippen molar-refractivity contribution in [3.8, 4) is 23.0 Å². The standard InChI is InChI=1S/C32H35NO6/c1-3-29(25-10-15-30-31(18-25)38-21-37-30)32(23-6-11-26(35)12-7-23)24-8-13-27(14-9-24)36-20-28(39-22(2)34)19-33-16-4-5-17-33/h6-15,18,28,35H,3-5,16-17,19-21H2,1-2H3/b32-29-. The summed E-state index contributed by atoms with van der Waals surface area (Å²) in [5.74, 6) is 2.13. The van der Waals surface area contributed by atoms with Gasteiger partial charge in [0.25, 0.3) is 0 Å². The molecule has 7 nitrogen and oxygen atoms in total. The Balaban J connectivity index is 1.41. The predicted molar refractivity (Wildman–Crippen MR) is 150 cm³/mol.